The van der Waals surface area contributed by atoms with E-state index < -0.39 is 5.97 Å². The van der Waals surface area contributed by atoms with Crippen molar-refractivity contribution in [1.82, 2.24) is 10.1 Å². The first-order valence-electron chi connectivity index (χ1n) is 5.69. The van der Waals surface area contributed by atoms with Crippen LogP contribution in [0.1, 0.15) is 11.5 Å². The highest BCUT2D eigenvalue weighted by Crippen LogP contribution is 2.23. The first kappa shape index (κ1) is 13.0. The van der Waals surface area contributed by atoms with Crippen LogP contribution in [0.2, 0.25) is 0 Å². The van der Waals surface area contributed by atoms with Crippen molar-refractivity contribution in [1.29, 1.82) is 0 Å². The molecule has 0 saturated carbocycles. The second-order valence-electron chi connectivity index (χ2n) is 3.96. The predicted octanol–water partition coefficient (Wildman–Crippen LogP) is 1.00. The molecule has 7 nitrogen and oxygen atoms in total. The maximum Gasteiger partial charge on any atom is 0.322 e. The summed E-state index contributed by atoms with van der Waals surface area (Å²) in [6, 6.07) is 5.39. The van der Waals surface area contributed by atoms with Crippen molar-refractivity contribution in [3.05, 3.63) is 29.7 Å². The molecule has 19 heavy (non-hydrogen) atoms. The van der Waals surface area contributed by atoms with Crippen molar-refractivity contribution < 1.29 is 14.4 Å². The van der Waals surface area contributed by atoms with Crippen LogP contribution in [0.15, 0.2) is 22.7 Å². The van der Waals surface area contributed by atoms with Gasteiger partial charge in [0.25, 0.3) is 0 Å². The Morgan fingerprint density at radius 3 is 2.89 bits per heavy atom. The standard InChI is InChI=1S/C12H14N4O3/c1-7-15-12(16-19-7)8-2-3-9(5-13)10(4-8)14-6-11(17)18/h2-4,14H,5-6,13H2,1H3,(H,17,18). The number of hydrogen-bond acceptors (Lipinski definition) is 6. The lowest BCUT2D eigenvalue weighted by Crippen LogP contribution is -2.14. The predicted molar refractivity (Wildman–Crippen MR) is 68.5 cm³/mol. The zero-order valence-electron chi connectivity index (χ0n) is 10.4. The second kappa shape index (κ2) is 5.49. The van der Waals surface area contributed by atoms with Gasteiger partial charge in [-0.15, -0.1) is 0 Å². The normalized spacial score (nSPS) is 10.4. The van der Waals surface area contributed by atoms with Crippen LogP contribution >= 0.6 is 0 Å². The van der Waals surface area contributed by atoms with Crippen molar-refractivity contribution in [2.24, 2.45) is 5.73 Å². The van der Waals surface area contributed by atoms with Crippen molar-refractivity contribution in [3.8, 4) is 11.4 Å². The van der Waals surface area contributed by atoms with Crippen LogP contribution in [0.25, 0.3) is 11.4 Å². The van der Waals surface area contributed by atoms with E-state index in [4.69, 9.17) is 15.4 Å². The van der Waals surface area contributed by atoms with Gasteiger partial charge < -0.3 is 20.7 Å². The maximum atomic E-state index is 10.6. The molecule has 0 atom stereocenters. The molecule has 0 fully saturated rings. The minimum Gasteiger partial charge on any atom is -0.480 e. The summed E-state index contributed by atoms with van der Waals surface area (Å²) in [5.41, 5.74) is 7.83. The molecule has 1 aromatic heterocycles. The fourth-order valence-corrected chi connectivity index (χ4v) is 1.65. The Morgan fingerprint density at radius 2 is 2.32 bits per heavy atom. The SMILES string of the molecule is Cc1nc(-c2ccc(CN)c(NCC(=O)O)c2)no1. The fraction of sp³-hybridized carbons (Fsp3) is 0.250. The first-order chi connectivity index (χ1) is 9.10. The molecular formula is C12H14N4O3. The van der Waals surface area contributed by atoms with Gasteiger partial charge in [0.15, 0.2) is 0 Å². The Hall–Kier alpha value is -2.41. The molecule has 7 heteroatoms. The maximum absolute atomic E-state index is 10.6. The molecule has 1 aromatic carbocycles. The molecule has 1 heterocycles. The molecule has 0 unspecified atom stereocenters. The molecule has 0 aliphatic rings. The van der Waals surface area contributed by atoms with Crippen LogP contribution in [0, 0.1) is 6.92 Å². The van der Waals surface area contributed by atoms with E-state index >= 15 is 0 Å². The highest BCUT2D eigenvalue weighted by molar-refractivity contribution is 5.74. The number of rotatable bonds is 5. The van der Waals surface area contributed by atoms with E-state index in [1.165, 1.54) is 0 Å². The Morgan fingerprint density at radius 1 is 1.53 bits per heavy atom. The van der Waals surface area contributed by atoms with Gasteiger partial charge in [-0.25, -0.2) is 0 Å². The zero-order chi connectivity index (χ0) is 13.8. The van der Waals surface area contributed by atoms with Crippen LogP contribution in [-0.2, 0) is 11.3 Å². The van der Waals surface area contributed by atoms with E-state index in [2.05, 4.69) is 15.5 Å². The summed E-state index contributed by atoms with van der Waals surface area (Å²) in [4.78, 5) is 14.7. The largest absolute Gasteiger partial charge is 0.480 e. The van der Waals surface area contributed by atoms with Gasteiger partial charge in [-0.3, -0.25) is 4.79 Å². The van der Waals surface area contributed by atoms with E-state index in [1.54, 1.807) is 13.0 Å². The third-order valence-electron chi connectivity index (χ3n) is 2.55. The minimum atomic E-state index is -0.941. The van der Waals surface area contributed by atoms with Gasteiger partial charge in [-0.2, -0.15) is 4.98 Å². The summed E-state index contributed by atoms with van der Waals surface area (Å²) in [7, 11) is 0. The van der Waals surface area contributed by atoms with E-state index in [9.17, 15) is 4.79 Å². The second-order valence-corrected chi connectivity index (χ2v) is 3.96. The van der Waals surface area contributed by atoms with Crippen molar-refractivity contribution >= 4 is 11.7 Å². The number of aliphatic carboxylic acids is 1. The fourth-order valence-electron chi connectivity index (χ4n) is 1.65. The Balaban J connectivity index is 2.32. The number of benzene rings is 1. The zero-order valence-corrected chi connectivity index (χ0v) is 10.4. The third kappa shape index (κ3) is 3.08. The van der Waals surface area contributed by atoms with Gasteiger partial charge in [-0.1, -0.05) is 17.3 Å². The first-order valence-corrected chi connectivity index (χ1v) is 5.69. The van der Waals surface area contributed by atoms with Gasteiger partial charge in [0.1, 0.15) is 6.54 Å². The quantitative estimate of drug-likeness (QED) is 0.736. The van der Waals surface area contributed by atoms with E-state index in [1.807, 2.05) is 12.1 Å². The van der Waals surface area contributed by atoms with Gasteiger partial charge in [0.05, 0.1) is 0 Å². The Labute approximate surface area is 109 Å². The molecule has 0 saturated heterocycles. The molecule has 0 amide bonds. The molecular weight excluding hydrogens is 248 g/mol. The number of nitrogens with zero attached hydrogens (tertiary/aromatic N) is 2. The summed E-state index contributed by atoms with van der Waals surface area (Å²) >= 11 is 0. The van der Waals surface area contributed by atoms with Crippen LogP contribution in [0.3, 0.4) is 0 Å². The van der Waals surface area contributed by atoms with Gasteiger partial charge in [-0.05, 0) is 11.6 Å². The van der Waals surface area contributed by atoms with Gasteiger partial charge in [0, 0.05) is 24.7 Å². The van der Waals surface area contributed by atoms with Crippen molar-refractivity contribution in [2.45, 2.75) is 13.5 Å². The average molecular weight is 262 g/mol. The summed E-state index contributed by atoms with van der Waals surface area (Å²) < 4.78 is 4.91. The van der Waals surface area contributed by atoms with E-state index in [0.717, 1.165) is 11.1 Å². The molecule has 2 aromatic rings. The number of nitrogens with two attached hydrogens (primary N) is 1. The lowest BCUT2D eigenvalue weighted by molar-refractivity contribution is -0.134. The molecule has 0 bridgehead atoms. The number of carboxylic acid groups (broad SMARTS) is 1. The minimum absolute atomic E-state index is 0.179. The lowest BCUT2D eigenvalue weighted by Gasteiger charge is -2.10. The number of carbonyl (C=O) groups is 1. The molecule has 0 radical (unpaired) electrons. The van der Waals surface area contributed by atoms with Crippen molar-refractivity contribution in [2.75, 3.05) is 11.9 Å². The number of carboxylic acids is 1. The number of hydrogen-bond donors (Lipinski definition) is 3. The molecule has 0 spiro atoms. The monoisotopic (exact) mass is 262 g/mol. The molecule has 2 rings (SSSR count). The van der Waals surface area contributed by atoms with Crippen LogP contribution < -0.4 is 11.1 Å². The average Bonchev–Trinajstić information content (AvgIpc) is 2.82. The van der Waals surface area contributed by atoms with Crippen LogP contribution in [0.5, 0.6) is 0 Å². The summed E-state index contributed by atoms with van der Waals surface area (Å²) in [5.74, 6) is -0.0128. The van der Waals surface area contributed by atoms with Gasteiger partial charge >= 0.3 is 5.97 Å². The summed E-state index contributed by atoms with van der Waals surface area (Å²) in [6.45, 7) is 1.84. The smallest absolute Gasteiger partial charge is 0.322 e. The van der Waals surface area contributed by atoms with Crippen LogP contribution in [-0.4, -0.2) is 27.8 Å². The third-order valence-corrected chi connectivity index (χ3v) is 2.55. The van der Waals surface area contributed by atoms with E-state index in [0.29, 0.717) is 23.9 Å². The summed E-state index contributed by atoms with van der Waals surface area (Å²) in [6.07, 6.45) is 0. The lowest BCUT2D eigenvalue weighted by atomic mass is 10.1. The summed E-state index contributed by atoms with van der Waals surface area (Å²) in [5, 5.41) is 15.3. The topological polar surface area (TPSA) is 114 Å². The molecule has 0 aliphatic carbocycles. The Kier molecular flexibility index (Phi) is 3.76. The highest BCUT2D eigenvalue weighted by atomic mass is 16.5. The van der Waals surface area contributed by atoms with Crippen LogP contribution in [0.4, 0.5) is 5.69 Å². The Bertz CT molecular complexity index is 594. The molecule has 100 valence electrons. The molecule has 0 aliphatic heterocycles. The molecule has 4 N–H and O–H groups in total. The number of nitrogens with one attached hydrogen (secondary N) is 1. The number of anilines is 1. The number of aromatic nitrogens is 2. The van der Waals surface area contributed by atoms with Crippen molar-refractivity contribution in [3.63, 3.8) is 0 Å². The highest BCUT2D eigenvalue weighted by Gasteiger charge is 2.09. The number of aryl methyl sites for hydroxylation is 1. The van der Waals surface area contributed by atoms with E-state index in [-0.39, 0.29) is 6.54 Å². The van der Waals surface area contributed by atoms with Gasteiger partial charge in [0.2, 0.25) is 11.7 Å².